The van der Waals surface area contributed by atoms with Gasteiger partial charge in [-0.2, -0.15) is 0 Å². The molecule has 0 fully saturated rings. The van der Waals surface area contributed by atoms with E-state index in [-0.39, 0.29) is 0 Å². The van der Waals surface area contributed by atoms with Gasteiger partial charge in [-0.3, -0.25) is 10.8 Å². The molecule has 0 unspecified atom stereocenters. The highest BCUT2D eigenvalue weighted by molar-refractivity contribution is 5.70. The van der Waals surface area contributed by atoms with E-state index in [1.807, 2.05) is 0 Å². The van der Waals surface area contributed by atoms with Crippen molar-refractivity contribution in [2.24, 2.45) is 10.8 Å². The highest BCUT2D eigenvalue weighted by Crippen LogP contribution is 1.56. The molecule has 0 aromatic rings. The van der Waals surface area contributed by atoms with E-state index in [1.165, 1.54) is 0 Å². The Morgan fingerprint density at radius 3 is 2.86 bits per heavy atom. The predicted molar refractivity (Wildman–Crippen MR) is 30.9 cm³/mol. The molecule has 0 spiro atoms. The molecular weight excluding hydrogens is 90.1 g/mol. The second-order valence-electron chi connectivity index (χ2n) is 0.933. The number of hydrogen-bond acceptors (Lipinski definition) is 3. The van der Waals surface area contributed by atoms with Crippen molar-refractivity contribution >= 4 is 6.21 Å². The Balaban J connectivity index is 3.09. The molecule has 0 bridgehead atoms. The first-order chi connectivity index (χ1) is 3.41. The maximum Gasteiger partial charge on any atom is 0.0277 e. The number of nitrogens with zero attached hydrogens (tertiary/aromatic N) is 1. The molecule has 0 saturated carbocycles. The van der Waals surface area contributed by atoms with Gasteiger partial charge in [0.25, 0.3) is 0 Å². The zero-order valence-corrected chi connectivity index (χ0v) is 4.26. The molecule has 3 heteroatoms. The smallest absolute Gasteiger partial charge is 0.0277 e. The quantitative estimate of drug-likeness (QED) is 0.283. The van der Waals surface area contributed by atoms with Crippen LogP contribution in [0.25, 0.3) is 0 Å². The number of hydrazine groups is 1. The molecule has 0 aliphatic carbocycles. The Labute approximate surface area is 42.9 Å². The van der Waals surface area contributed by atoms with Crippen LogP contribution in [0, 0.1) is 0 Å². The normalized spacial score (nSPS) is 11.1. The lowest BCUT2D eigenvalue weighted by molar-refractivity contribution is 0.969. The van der Waals surface area contributed by atoms with E-state index in [9.17, 15) is 0 Å². The molecule has 0 heterocycles. The standard InChI is InChI=1S/C4H9N3/c1-6-3-2-4-7-5/h2-4,7H,5H2,1H3. The Bertz CT molecular complexity index is 75.0. The first-order valence-corrected chi connectivity index (χ1v) is 1.95. The molecule has 0 aliphatic heterocycles. The number of allylic oxidation sites excluding steroid dienone is 1. The average Bonchev–Trinajstić information content (AvgIpc) is 1.69. The van der Waals surface area contributed by atoms with Gasteiger partial charge < -0.3 is 5.43 Å². The molecule has 7 heavy (non-hydrogen) atoms. The summed E-state index contributed by atoms with van der Waals surface area (Å²) in [6, 6.07) is 0. The van der Waals surface area contributed by atoms with Gasteiger partial charge in [-0.15, -0.1) is 0 Å². The summed E-state index contributed by atoms with van der Waals surface area (Å²) in [5, 5.41) is 0. The summed E-state index contributed by atoms with van der Waals surface area (Å²) in [6.45, 7) is 0. The van der Waals surface area contributed by atoms with Crippen molar-refractivity contribution in [3.8, 4) is 0 Å². The second-order valence-corrected chi connectivity index (χ2v) is 0.933. The summed E-state index contributed by atoms with van der Waals surface area (Å²) in [4.78, 5) is 3.67. The van der Waals surface area contributed by atoms with Crippen LogP contribution in [0.4, 0.5) is 0 Å². The SMILES string of the molecule is CN=CC=CNN. The van der Waals surface area contributed by atoms with E-state index in [4.69, 9.17) is 5.84 Å². The molecule has 0 aromatic carbocycles. The first kappa shape index (κ1) is 6.17. The van der Waals surface area contributed by atoms with Crippen molar-refractivity contribution in [2.75, 3.05) is 7.05 Å². The minimum atomic E-state index is 1.59. The lowest BCUT2D eigenvalue weighted by atomic mass is 10.7. The highest BCUT2D eigenvalue weighted by Gasteiger charge is 1.54. The van der Waals surface area contributed by atoms with Gasteiger partial charge in [-0.25, -0.2) is 0 Å². The van der Waals surface area contributed by atoms with Crippen LogP contribution < -0.4 is 11.3 Å². The largest absolute Gasteiger partial charge is 0.331 e. The molecule has 0 rings (SSSR count). The molecule has 40 valence electrons. The summed E-state index contributed by atoms with van der Waals surface area (Å²) in [6.07, 6.45) is 4.94. The fourth-order valence-corrected chi connectivity index (χ4v) is 0.185. The third-order valence-corrected chi connectivity index (χ3v) is 0.428. The Kier molecular flexibility index (Phi) is 4.56. The van der Waals surface area contributed by atoms with Gasteiger partial charge in [-0.1, -0.05) is 0 Å². The van der Waals surface area contributed by atoms with Gasteiger partial charge in [0.1, 0.15) is 0 Å². The molecule has 0 radical (unpaired) electrons. The lowest BCUT2D eigenvalue weighted by Crippen LogP contribution is -2.12. The molecule has 0 amide bonds. The van der Waals surface area contributed by atoms with Gasteiger partial charge in [0.15, 0.2) is 0 Å². The minimum absolute atomic E-state index is 1.59. The van der Waals surface area contributed by atoms with Crippen molar-refractivity contribution < 1.29 is 0 Å². The number of nitrogens with one attached hydrogen (secondary N) is 1. The molecule has 0 atom stereocenters. The Hall–Kier alpha value is -0.830. The topological polar surface area (TPSA) is 50.4 Å². The summed E-state index contributed by atoms with van der Waals surface area (Å²) in [7, 11) is 1.70. The van der Waals surface area contributed by atoms with E-state index in [1.54, 1.807) is 25.5 Å². The summed E-state index contributed by atoms with van der Waals surface area (Å²) in [5.74, 6) is 4.87. The fraction of sp³-hybridized carbons (Fsp3) is 0.250. The molecular formula is C4H9N3. The fourth-order valence-electron chi connectivity index (χ4n) is 0.185. The number of hydrogen-bond donors (Lipinski definition) is 2. The van der Waals surface area contributed by atoms with Crippen molar-refractivity contribution in [3.63, 3.8) is 0 Å². The van der Waals surface area contributed by atoms with Gasteiger partial charge in [0.05, 0.1) is 0 Å². The Morgan fingerprint density at radius 2 is 2.43 bits per heavy atom. The second kappa shape index (κ2) is 5.17. The number of rotatable bonds is 2. The van der Waals surface area contributed by atoms with Crippen LogP contribution in [0.2, 0.25) is 0 Å². The van der Waals surface area contributed by atoms with Crippen LogP contribution in [0.15, 0.2) is 17.3 Å². The third-order valence-electron chi connectivity index (χ3n) is 0.428. The summed E-state index contributed by atoms with van der Waals surface area (Å²) >= 11 is 0. The molecule has 3 N–H and O–H groups in total. The van der Waals surface area contributed by atoms with Gasteiger partial charge in [0, 0.05) is 19.5 Å². The van der Waals surface area contributed by atoms with Crippen LogP contribution in [0.5, 0.6) is 0 Å². The molecule has 0 aromatic heterocycles. The highest BCUT2D eigenvalue weighted by atomic mass is 15.2. The zero-order chi connectivity index (χ0) is 5.54. The molecule has 0 saturated heterocycles. The monoisotopic (exact) mass is 99.1 g/mol. The van der Waals surface area contributed by atoms with Crippen molar-refractivity contribution in [1.29, 1.82) is 0 Å². The summed E-state index contributed by atoms with van der Waals surface area (Å²) < 4.78 is 0. The van der Waals surface area contributed by atoms with Gasteiger partial charge >= 0.3 is 0 Å². The number of nitrogens with two attached hydrogens (primary N) is 1. The van der Waals surface area contributed by atoms with Crippen molar-refractivity contribution in [3.05, 3.63) is 12.3 Å². The van der Waals surface area contributed by atoms with Gasteiger partial charge in [0.2, 0.25) is 0 Å². The van der Waals surface area contributed by atoms with Crippen molar-refractivity contribution in [1.82, 2.24) is 5.43 Å². The Morgan fingerprint density at radius 1 is 1.71 bits per heavy atom. The van der Waals surface area contributed by atoms with E-state index >= 15 is 0 Å². The molecule has 0 aliphatic rings. The third kappa shape index (κ3) is 5.17. The van der Waals surface area contributed by atoms with Crippen LogP contribution in [0.1, 0.15) is 0 Å². The maximum absolute atomic E-state index is 4.87. The van der Waals surface area contributed by atoms with E-state index in [2.05, 4.69) is 10.4 Å². The average molecular weight is 99.1 g/mol. The summed E-state index contributed by atoms with van der Waals surface area (Å²) in [5.41, 5.74) is 2.33. The van der Waals surface area contributed by atoms with E-state index in [0.29, 0.717) is 0 Å². The molecule has 3 nitrogen and oxygen atoms in total. The van der Waals surface area contributed by atoms with Gasteiger partial charge in [-0.05, 0) is 6.08 Å². The maximum atomic E-state index is 4.87. The van der Waals surface area contributed by atoms with Crippen LogP contribution >= 0.6 is 0 Å². The van der Waals surface area contributed by atoms with E-state index < -0.39 is 0 Å². The van der Waals surface area contributed by atoms with Crippen LogP contribution in [0.3, 0.4) is 0 Å². The van der Waals surface area contributed by atoms with Crippen molar-refractivity contribution in [2.45, 2.75) is 0 Å². The van der Waals surface area contributed by atoms with Crippen LogP contribution in [-0.2, 0) is 0 Å². The van der Waals surface area contributed by atoms with Crippen LogP contribution in [-0.4, -0.2) is 13.3 Å². The lowest BCUT2D eigenvalue weighted by Gasteiger charge is -1.78. The van der Waals surface area contributed by atoms with E-state index in [0.717, 1.165) is 0 Å². The minimum Gasteiger partial charge on any atom is -0.331 e. The first-order valence-electron chi connectivity index (χ1n) is 1.95. The number of aliphatic imine (C=N–C) groups is 1. The zero-order valence-electron chi connectivity index (χ0n) is 4.26. The predicted octanol–water partition coefficient (Wildman–Crippen LogP) is -0.336.